The van der Waals surface area contributed by atoms with Crippen LogP contribution in [0.15, 0.2) is 36.4 Å². The highest BCUT2D eigenvalue weighted by molar-refractivity contribution is 7.12. The van der Waals surface area contributed by atoms with Crippen molar-refractivity contribution < 1.29 is 4.74 Å². The van der Waals surface area contributed by atoms with Gasteiger partial charge in [0.05, 0.1) is 12.6 Å². The topological polar surface area (TPSA) is 24.5 Å². The molecule has 1 aliphatic heterocycles. The average Bonchev–Trinajstić information content (AvgIpc) is 2.81. The molecule has 3 nitrogen and oxygen atoms in total. The van der Waals surface area contributed by atoms with Gasteiger partial charge in [0.2, 0.25) is 0 Å². The van der Waals surface area contributed by atoms with Crippen LogP contribution >= 0.6 is 11.3 Å². The molecule has 0 amide bonds. The first kappa shape index (κ1) is 16.5. The largest absolute Gasteiger partial charge is 0.494 e. The molecule has 2 aromatic rings. The first-order valence-electron chi connectivity index (χ1n) is 8.52. The molecule has 0 bridgehead atoms. The van der Waals surface area contributed by atoms with Crippen LogP contribution in [-0.2, 0) is 0 Å². The highest BCUT2D eigenvalue weighted by Gasteiger charge is 2.24. The number of hydrogen-bond acceptors (Lipinski definition) is 4. The van der Waals surface area contributed by atoms with Gasteiger partial charge in [0.15, 0.2) is 0 Å². The SMILES string of the molecule is CCOc1cccc(C(c2ccc(C)s2)N2CCCNCC2)c1. The molecule has 0 aliphatic carbocycles. The van der Waals surface area contributed by atoms with Crippen LogP contribution in [-0.4, -0.2) is 37.7 Å². The molecule has 0 spiro atoms. The van der Waals surface area contributed by atoms with Crippen molar-refractivity contribution in [2.45, 2.75) is 26.3 Å². The summed E-state index contributed by atoms with van der Waals surface area (Å²) in [5.74, 6) is 0.969. The molecule has 1 saturated heterocycles. The molecule has 1 fully saturated rings. The van der Waals surface area contributed by atoms with Gasteiger partial charge in [0.1, 0.15) is 5.75 Å². The summed E-state index contributed by atoms with van der Waals surface area (Å²) in [6.07, 6.45) is 1.20. The van der Waals surface area contributed by atoms with Gasteiger partial charge in [-0.2, -0.15) is 0 Å². The van der Waals surface area contributed by atoms with Gasteiger partial charge in [0.25, 0.3) is 0 Å². The molecule has 1 aromatic carbocycles. The van der Waals surface area contributed by atoms with E-state index in [2.05, 4.69) is 47.5 Å². The second-order valence-corrected chi connectivity index (χ2v) is 7.32. The lowest BCUT2D eigenvalue weighted by molar-refractivity contribution is 0.243. The number of ether oxygens (including phenoxy) is 1. The van der Waals surface area contributed by atoms with Gasteiger partial charge >= 0.3 is 0 Å². The van der Waals surface area contributed by atoms with E-state index in [0.717, 1.165) is 31.9 Å². The Hall–Kier alpha value is -1.36. The zero-order chi connectivity index (χ0) is 16.1. The van der Waals surface area contributed by atoms with E-state index in [9.17, 15) is 0 Å². The van der Waals surface area contributed by atoms with Crippen molar-refractivity contribution in [2.24, 2.45) is 0 Å². The Kier molecular flexibility index (Phi) is 5.70. The third kappa shape index (κ3) is 4.14. The van der Waals surface area contributed by atoms with Gasteiger partial charge in [-0.25, -0.2) is 0 Å². The molecule has 2 heterocycles. The highest BCUT2D eigenvalue weighted by Crippen LogP contribution is 2.35. The molecule has 1 N–H and O–H groups in total. The van der Waals surface area contributed by atoms with Crippen molar-refractivity contribution in [3.63, 3.8) is 0 Å². The molecular weight excluding hydrogens is 304 g/mol. The predicted molar refractivity (Wildman–Crippen MR) is 97.6 cm³/mol. The minimum Gasteiger partial charge on any atom is -0.494 e. The van der Waals surface area contributed by atoms with Crippen molar-refractivity contribution in [1.82, 2.24) is 10.2 Å². The number of thiophene rings is 1. The van der Waals surface area contributed by atoms with Crippen LogP contribution in [0.4, 0.5) is 0 Å². The maximum atomic E-state index is 5.72. The first-order chi connectivity index (χ1) is 11.3. The Morgan fingerprint density at radius 3 is 2.91 bits per heavy atom. The number of nitrogens with zero attached hydrogens (tertiary/aromatic N) is 1. The summed E-state index contributed by atoms with van der Waals surface area (Å²) in [5, 5.41) is 3.51. The summed E-state index contributed by atoms with van der Waals surface area (Å²) < 4.78 is 5.72. The fraction of sp³-hybridized carbons (Fsp3) is 0.474. The van der Waals surface area contributed by atoms with Gasteiger partial charge in [-0.15, -0.1) is 11.3 Å². The molecule has 1 aliphatic rings. The quantitative estimate of drug-likeness (QED) is 0.901. The minimum absolute atomic E-state index is 0.328. The van der Waals surface area contributed by atoms with Crippen LogP contribution in [0.2, 0.25) is 0 Å². The number of nitrogens with one attached hydrogen (secondary N) is 1. The molecule has 1 aromatic heterocycles. The van der Waals surface area contributed by atoms with Crippen LogP contribution in [0, 0.1) is 6.92 Å². The molecule has 0 saturated carbocycles. The van der Waals surface area contributed by atoms with Crippen LogP contribution < -0.4 is 10.1 Å². The molecule has 23 heavy (non-hydrogen) atoms. The Bertz CT molecular complexity index is 617. The molecule has 0 radical (unpaired) electrons. The zero-order valence-corrected chi connectivity index (χ0v) is 14.9. The number of hydrogen-bond donors (Lipinski definition) is 1. The summed E-state index contributed by atoms with van der Waals surface area (Å²) in [4.78, 5) is 5.41. The third-order valence-electron chi connectivity index (χ3n) is 4.26. The predicted octanol–water partition coefficient (Wildman–Crippen LogP) is 3.84. The zero-order valence-electron chi connectivity index (χ0n) is 14.0. The summed E-state index contributed by atoms with van der Waals surface area (Å²) in [6, 6.07) is 13.5. The first-order valence-corrected chi connectivity index (χ1v) is 9.33. The van der Waals surface area contributed by atoms with Crippen LogP contribution in [0.5, 0.6) is 5.75 Å². The Labute approximate surface area is 143 Å². The van der Waals surface area contributed by atoms with Gasteiger partial charge in [-0.1, -0.05) is 12.1 Å². The Balaban J connectivity index is 1.95. The molecule has 1 atom stereocenters. The minimum atomic E-state index is 0.328. The Morgan fingerprint density at radius 1 is 1.22 bits per heavy atom. The number of aryl methyl sites for hydroxylation is 1. The normalized spacial score (nSPS) is 17.7. The van der Waals surface area contributed by atoms with Crippen molar-refractivity contribution in [1.29, 1.82) is 0 Å². The third-order valence-corrected chi connectivity index (χ3v) is 5.31. The van der Waals surface area contributed by atoms with Gasteiger partial charge in [0, 0.05) is 29.4 Å². The lowest BCUT2D eigenvalue weighted by Gasteiger charge is -2.30. The van der Waals surface area contributed by atoms with E-state index >= 15 is 0 Å². The van der Waals surface area contributed by atoms with Crippen molar-refractivity contribution in [2.75, 3.05) is 32.8 Å². The van der Waals surface area contributed by atoms with Crippen molar-refractivity contribution in [3.8, 4) is 5.75 Å². The van der Waals surface area contributed by atoms with E-state index in [1.54, 1.807) is 0 Å². The maximum absolute atomic E-state index is 5.72. The second-order valence-electron chi connectivity index (χ2n) is 6.00. The van der Waals surface area contributed by atoms with Crippen molar-refractivity contribution in [3.05, 3.63) is 51.7 Å². The molecule has 124 valence electrons. The van der Waals surface area contributed by atoms with E-state index in [4.69, 9.17) is 4.74 Å². The molecular formula is C19H26N2OS. The van der Waals surface area contributed by atoms with Crippen LogP contribution in [0.25, 0.3) is 0 Å². The highest BCUT2D eigenvalue weighted by atomic mass is 32.1. The lowest BCUT2D eigenvalue weighted by atomic mass is 10.0. The second kappa shape index (κ2) is 7.95. The monoisotopic (exact) mass is 330 g/mol. The summed E-state index contributed by atoms with van der Waals surface area (Å²) >= 11 is 1.91. The van der Waals surface area contributed by atoms with Crippen LogP contribution in [0.3, 0.4) is 0 Å². The standard InChI is InChI=1S/C19H26N2OS/c1-3-22-17-7-4-6-16(14-17)19(18-9-8-15(2)23-18)21-12-5-10-20-11-13-21/h4,6-9,14,19-20H,3,5,10-13H2,1-2H3. The fourth-order valence-electron chi connectivity index (χ4n) is 3.22. The lowest BCUT2D eigenvalue weighted by Crippen LogP contribution is -2.32. The fourth-order valence-corrected chi connectivity index (χ4v) is 4.26. The summed E-state index contributed by atoms with van der Waals surface area (Å²) in [6.45, 7) is 9.32. The molecule has 1 unspecified atom stereocenters. The smallest absolute Gasteiger partial charge is 0.119 e. The van der Waals surface area contributed by atoms with E-state index < -0.39 is 0 Å². The van der Waals surface area contributed by atoms with Crippen molar-refractivity contribution >= 4 is 11.3 Å². The van der Waals surface area contributed by atoms with E-state index in [-0.39, 0.29) is 0 Å². The number of rotatable bonds is 5. The molecule has 3 rings (SSSR count). The Morgan fingerprint density at radius 2 is 2.13 bits per heavy atom. The van der Waals surface area contributed by atoms with E-state index in [1.807, 2.05) is 24.3 Å². The molecule has 4 heteroatoms. The maximum Gasteiger partial charge on any atom is 0.119 e. The number of benzene rings is 1. The van der Waals surface area contributed by atoms with Gasteiger partial charge in [-0.3, -0.25) is 4.90 Å². The summed E-state index contributed by atoms with van der Waals surface area (Å²) in [5.41, 5.74) is 1.33. The van der Waals surface area contributed by atoms with E-state index in [1.165, 1.54) is 21.7 Å². The van der Waals surface area contributed by atoms with E-state index in [0.29, 0.717) is 12.6 Å². The average molecular weight is 330 g/mol. The van der Waals surface area contributed by atoms with Gasteiger partial charge in [-0.05, 0) is 56.6 Å². The summed E-state index contributed by atoms with van der Waals surface area (Å²) in [7, 11) is 0. The van der Waals surface area contributed by atoms with Gasteiger partial charge < -0.3 is 10.1 Å². The van der Waals surface area contributed by atoms with Crippen LogP contribution in [0.1, 0.15) is 34.7 Å².